The standard InChI is InChI=1S/C12H23N3O.ClH/c1-8(13)10-5-6-15(7-10)9(2)12(16)14-11-3-4-11;/h8-11H,3-7,13H2,1-2H3,(H,14,16);1H. The zero-order valence-electron chi connectivity index (χ0n) is 10.7. The topological polar surface area (TPSA) is 58.4 Å². The zero-order valence-corrected chi connectivity index (χ0v) is 11.5. The van der Waals surface area contributed by atoms with Crippen molar-refractivity contribution in [1.29, 1.82) is 0 Å². The van der Waals surface area contributed by atoms with Crippen LogP contribution in [0.1, 0.15) is 33.1 Å². The van der Waals surface area contributed by atoms with Gasteiger partial charge in [-0.15, -0.1) is 12.4 Å². The van der Waals surface area contributed by atoms with Crippen LogP contribution in [-0.2, 0) is 4.79 Å². The third kappa shape index (κ3) is 3.83. The molecule has 2 aliphatic rings. The molecular formula is C12H24ClN3O. The lowest BCUT2D eigenvalue weighted by molar-refractivity contribution is -0.125. The number of nitrogens with one attached hydrogen (secondary N) is 1. The van der Waals surface area contributed by atoms with Crippen molar-refractivity contribution in [2.24, 2.45) is 11.7 Å². The van der Waals surface area contributed by atoms with Crippen molar-refractivity contribution in [1.82, 2.24) is 10.2 Å². The quantitative estimate of drug-likeness (QED) is 0.785. The van der Waals surface area contributed by atoms with E-state index in [-0.39, 0.29) is 30.4 Å². The smallest absolute Gasteiger partial charge is 0.237 e. The zero-order chi connectivity index (χ0) is 11.7. The van der Waals surface area contributed by atoms with Gasteiger partial charge < -0.3 is 11.1 Å². The molecule has 3 N–H and O–H groups in total. The second-order valence-corrected chi connectivity index (χ2v) is 5.36. The van der Waals surface area contributed by atoms with Gasteiger partial charge in [0.1, 0.15) is 0 Å². The van der Waals surface area contributed by atoms with Crippen molar-refractivity contribution in [2.45, 2.75) is 51.2 Å². The first kappa shape index (κ1) is 14.7. The average Bonchev–Trinajstić information content (AvgIpc) is 2.91. The lowest BCUT2D eigenvalue weighted by Gasteiger charge is -2.24. The van der Waals surface area contributed by atoms with E-state index in [9.17, 15) is 4.79 Å². The van der Waals surface area contributed by atoms with Gasteiger partial charge in [0.15, 0.2) is 0 Å². The van der Waals surface area contributed by atoms with Crippen molar-refractivity contribution >= 4 is 18.3 Å². The summed E-state index contributed by atoms with van der Waals surface area (Å²) in [5.74, 6) is 0.740. The minimum Gasteiger partial charge on any atom is -0.352 e. The van der Waals surface area contributed by atoms with Gasteiger partial charge in [-0.3, -0.25) is 9.69 Å². The second kappa shape index (κ2) is 6.03. The molecule has 1 aliphatic heterocycles. The lowest BCUT2D eigenvalue weighted by Crippen LogP contribution is -2.45. The molecule has 5 heteroatoms. The molecule has 3 atom stereocenters. The molecule has 1 saturated carbocycles. The van der Waals surface area contributed by atoms with Crippen LogP contribution < -0.4 is 11.1 Å². The fourth-order valence-electron chi connectivity index (χ4n) is 2.31. The first-order valence-corrected chi connectivity index (χ1v) is 6.38. The maximum Gasteiger partial charge on any atom is 0.237 e. The van der Waals surface area contributed by atoms with Gasteiger partial charge in [0.2, 0.25) is 5.91 Å². The molecule has 3 unspecified atom stereocenters. The van der Waals surface area contributed by atoms with Gasteiger partial charge in [-0.2, -0.15) is 0 Å². The maximum atomic E-state index is 11.9. The number of carbonyl (C=O) groups excluding carboxylic acids is 1. The van der Waals surface area contributed by atoms with E-state index in [1.54, 1.807) is 0 Å². The van der Waals surface area contributed by atoms with E-state index in [0.29, 0.717) is 12.0 Å². The molecule has 1 amide bonds. The number of rotatable bonds is 4. The lowest BCUT2D eigenvalue weighted by atomic mass is 10.0. The Bertz CT molecular complexity index is 268. The number of hydrogen-bond acceptors (Lipinski definition) is 3. The molecule has 0 aromatic carbocycles. The van der Waals surface area contributed by atoms with Crippen molar-refractivity contribution in [3.05, 3.63) is 0 Å². The highest BCUT2D eigenvalue weighted by molar-refractivity contribution is 5.85. The van der Waals surface area contributed by atoms with E-state index in [0.717, 1.165) is 32.4 Å². The fourth-order valence-corrected chi connectivity index (χ4v) is 2.31. The molecule has 4 nitrogen and oxygen atoms in total. The first-order chi connectivity index (χ1) is 7.58. The molecule has 0 aromatic rings. The molecule has 0 spiro atoms. The predicted molar refractivity (Wildman–Crippen MR) is 71.2 cm³/mol. The monoisotopic (exact) mass is 261 g/mol. The van der Waals surface area contributed by atoms with E-state index in [4.69, 9.17) is 5.73 Å². The predicted octanol–water partition coefficient (Wildman–Crippen LogP) is 0.744. The summed E-state index contributed by atoms with van der Waals surface area (Å²) in [6.07, 6.45) is 3.43. The van der Waals surface area contributed by atoms with Gasteiger partial charge in [0, 0.05) is 18.6 Å². The number of hydrogen-bond donors (Lipinski definition) is 2. The summed E-state index contributed by atoms with van der Waals surface area (Å²) in [4.78, 5) is 14.1. The van der Waals surface area contributed by atoms with Crippen LogP contribution in [0.5, 0.6) is 0 Å². The van der Waals surface area contributed by atoms with Gasteiger partial charge in [-0.1, -0.05) is 0 Å². The van der Waals surface area contributed by atoms with Crippen molar-refractivity contribution in [2.75, 3.05) is 13.1 Å². The number of nitrogens with zero attached hydrogens (tertiary/aromatic N) is 1. The Balaban J connectivity index is 0.00000144. The third-order valence-electron chi connectivity index (χ3n) is 3.85. The minimum atomic E-state index is 0. The summed E-state index contributed by atoms with van der Waals surface area (Å²) in [5, 5.41) is 3.06. The largest absolute Gasteiger partial charge is 0.352 e. The summed E-state index contributed by atoms with van der Waals surface area (Å²) in [6.45, 7) is 6.03. The summed E-state index contributed by atoms with van der Waals surface area (Å²) < 4.78 is 0. The van der Waals surface area contributed by atoms with Crippen LogP contribution in [0.2, 0.25) is 0 Å². The highest BCUT2D eigenvalue weighted by Crippen LogP contribution is 2.22. The Morgan fingerprint density at radius 1 is 1.35 bits per heavy atom. The number of amides is 1. The molecule has 0 radical (unpaired) electrons. The number of carbonyl (C=O) groups is 1. The van der Waals surface area contributed by atoms with Crippen LogP contribution in [0.25, 0.3) is 0 Å². The van der Waals surface area contributed by atoms with Crippen molar-refractivity contribution < 1.29 is 4.79 Å². The Morgan fingerprint density at radius 2 is 2.00 bits per heavy atom. The fraction of sp³-hybridized carbons (Fsp3) is 0.917. The number of halogens is 1. The van der Waals surface area contributed by atoms with Crippen molar-refractivity contribution in [3.63, 3.8) is 0 Å². The number of nitrogens with two attached hydrogens (primary N) is 1. The van der Waals surface area contributed by atoms with Crippen LogP contribution in [0.15, 0.2) is 0 Å². The highest BCUT2D eigenvalue weighted by Gasteiger charge is 2.33. The van der Waals surface area contributed by atoms with Crippen LogP contribution in [-0.4, -0.2) is 42.0 Å². The normalized spacial score (nSPS) is 28.3. The summed E-state index contributed by atoms with van der Waals surface area (Å²) in [5.41, 5.74) is 5.90. The number of likely N-dealkylation sites (tertiary alicyclic amines) is 1. The van der Waals surface area contributed by atoms with E-state index < -0.39 is 0 Å². The van der Waals surface area contributed by atoms with Crippen LogP contribution in [0.3, 0.4) is 0 Å². The summed E-state index contributed by atoms with van der Waals surface area (Å²) in [7, 11) is 0. The molecule has 2 rings (SSSR count). The summed E-state index contributed by atoms with van der Waals surface area (Å²) in [6, 6.07) is 0.704. The molecular weight excluding hydrogens is 238 g/mol. The van der Waals surface area contributed by atoms with E-state index >= 15 is 0 Å². The Morgan fingerprint density at radius 3 is 2.47 bits per heavy atom. The summed E-state index contributed by atoms with van der Waals surface area (Å²) >= 11 is 0. The van der Waals surface area contributed by atoms with Gasteiger partial charge in [-0.25, -0.2) is 0 Å². The Labute approximate surface area is 110 Å². The van der Waals surface area contributed by atoms with E-state index in [1.807, 2.05) is 6.92 Å². The molecule has 2 fully saturated rings. The van der Waals surface area contributed by atoms with Crippen LogP contribution in [0.4, 0.5) is 0 Å². The van der Waals surface area contributed by atoms with Gasteiger partial charge in [0.05, 0.1) is 6.04 Å². The van der Waals surface area contributed by atoms with Crippen molar-refractivity contribution in [3.8, 4) is 0 Å². The average molecular weight is 262 g/mol. The maximum absolute atomic E-state index is 11.9. The molecule has 1 saturated heterocycles. The Hall–Kier alpha value is -0.320. The van der Waals surface area contributed by atoms with Crippen LogP contribution >= 0.6 is 12.4 Å². The van der Waals surface area contributed by atoms with Gasteiger partial charge in [0.25, 0.3) is 0 Å². The molecule has 0 aromatic heterocycles. The minimum absolute atomic E-state index is 0. The van der Waals surface area contributed by atoms with Crippen LogP contribution in [0, 0.1) is 5.92 Å². The van der Waals surface area contributed by atoms with Gasteiger partial charge in [-0.05, 0) is 45.6 Å². The second-order valence-electron chi connectivity index (χ2n) is 5.36. The van der Waals surface area contributed by atoms with Gasteiger partial charge >= 0.3 is 0 Å². The molecule has 1 heterocycles. The van der Waals surface area contributed by atoms with E-state index in [1.165, 1.54) is 0 Å². The van der Waals surface area contributed by atoms with E-state index in [2.05, 4.69) is 17.1 Å². The molecule has 1 aliphatic carbocycles. The SMILES string of the molecule is CC(N)C1CCN(C(C)C(=O)NC2CC2)C1.Cl. The first-order valence-electron chi connectivity index (χ1n) is 6.38. The molecule has 0 bridgehead atoms. The Kier molecular flexibility index (Phi) is 5.22. The highest BCUT2D eigenvalue weighted by atomic mass is 35.5. The molecule has 100 valence electrons. The third-order valence-corrected chi connectivity index (χ3v) is 3.85. The molecule has 17 heavy (non-hydrogen) atoms.